The van der Waals surface area contributed by atoms with Gasteiger partial charge in [-0.05, 0) is 35.9 Å². The number of aliphatic hydroxyl groups excluding tert-OH is 1. The van der Waals surface area contributed by atoms with Gasteiger partial charge < -0.3 is 10.4 Å². The van der Waals surface area contributed by atoms with Gasteiger partial charge in [0.2, 0.25) is 0 Å². The lowest BCUT2D eigenvalue weighted by Crippen LogP contribution is -2.29. The highest BCUT2D eigenvalue weighted by Crippen LogP contribution is 2.28. The number of hydrogen-bond acceptors (Lipinski definition) is 2. The van der Waals surface area contributed by atoms with Gasteiger partial charge in [-0.1, -0.05) is 50.5 Å². The van der Waals surface area contributed by atoms with Crippen LogP contribution >= 0.6 is 0 Å². The van der Waals surface area contributed by atoms with Crippen molar-refractivity contribution in [2.45, 2.75) is 45.8 Å². The van der Waals surface area contributed by atoms with Crippen LogP contribution in [0.1, 0.15) is 43.7 Å². The lowest BCUT2D eigenvalue weighted by molar-refractivity contribution is 0.247. The van der Waals surface area contributed by atoms with Crippen molar-refractivity contribution in [1.82, 2.24) is 5.32 Å². The molecule has 1 aliphatic rings. The minimum atomic E-state index is 0.132. The molecule has 2 heteroatoms. The van der Waals surface area contributed by atoms with Crippen molar-refractivity contribution in [3.8, 4) is 0 Å². The number of nitrogens with one attached hydrogen (secondary N) is 1. The molecule has 2 atom stereocenters. The minimum absolute atomic E-state index is 0.132. The molecular formula is C16H25NO. The van der Waals surface area contributed by atoms with Gasteiger partial charge in [-0.3, -0.25) is 0 Å². The van der Waals surface area contributed by atoms with Crippen molar-refractivity contribution in [2.24, 2.45) is 11.8 Å². The van der Waals surface area contributed by atoms with Crippen LogP contribution in [0.2, 0.25) is 0 Å². The van der Waals surface area contributed by atoms with E-state index < -0.39 is 0 Å². The molecule has 0 heterocycles. The minimum Gasteiger partial charge on any atom is -0.392 e. The molecule has 1 saturated carbocycles. The van der Waals surface area contributed by atoms with Gasteiger partial charge in [0, 0.05) is 6.54 Å². The third-order valence-electron chi connectivity index (χ3n) is 4.23. The first-order valence-corrected chi connectivity index (χ1v) is 7.19. The van der Waals surface area contributed by atoms with Crippen molar-refractivity contribution >= 4 is 0 Å². The summed E-state index contributed by atoms with van der Waals surface area (Å²) in [6, 6.07) is 8.20. The van der Waals surface area contributed by atoms with Gasteiger partial charge in [-0.25, -0.2) is 0 Å². The molecule has 0 radical (unpaired) electrons. The van der Waals surface area contributed by atoms with Crippen molar-refractivity contribution in [3.63, 3.8) is 0 Å². The second-order valence-electron chi connectivity index (χ2n) is 5.63. The first kappa shape index (κ1) is 13.6. The van der Waals surface area contributed by atoms with Gasteiger partial charge in [0.15, 0.2) is 0 Å². The molecule has 2 nitrogen and oxygen atoms in total. The van der Waals surface area contributed by atoms with Gasteiger partial charge in [-0.2, -0.15) is 0 Å². The van der Waals surface area contributed by atoms with Gasteiger partial charge in [0.05, 0.1) is 6.61 Å². The highest BCUT2D eigenvalue weighted by atomic mass is 16.3. The zero-order chi connectivity index (χ0) is 12.8. The third kappa shape index (κ3) is 3.82. The zero-order valence-corrected chi connectivity index (χ0v) is 11.4. The van der Waals surface area contributed by atoms with E-state index in [0.717, 1.165) is 30.5 Å². The highest BCUT2D eigenvalue weighted by molar-refractivity contribution is 5.21. The quantitative estimate of drug-likeness (QED) is 0.838. The normalized spacial score (nSPS) is 24.1. The average molecular weight is 247 g/mol. The molecule has 0 aromatic heterocycles. The first-order chi connectivity index (χ1) is 8.79. The lowest BCUT2D eigenvalue weighted by atomic mass is 9.80. The van der Waals surface area contributed by atoms with E-state index in [-0.39, 0.29) is 6.61 Å². The van der Waals surface area contributed by atoms with Crippen molar-refractivity contribution in [1.29, 1.82) is 0 Å². The predicted molar refractivity (Wildman–Crippen MR) is 75.2 cm³/mol. The van der Waals surface area contributed by atoms with E-state index in [9.17, 15) is 0 Å². The first-order valence-electron chi connectivity index (χ1n) is 7.19. The van der Waals surface area contributed by atoms with Crippen LogP contribution in [0.4, 0.5) is 0 Å². The van der Waals surface area contributed by atoms with E-state index in [1.54, 1.807) is 0 Å². The van der Waals surface area contributed by atoms with Crippen LogP contribution in [0, 0.1) is 11.8 Å². The molecule has 0 aliphatic heterocycles. The van der Waals surface area contributed by atoms with Crippen molar-refractivity contribution in [2.75, 3.05) is 6.54 Å². The van der Waals surface area contributed by atoms with E-state index in [2.05, 4.69) is 24.4 Å². The van der Waals surface area contributed by atoms with E-state index in [4.69, 9.17) is 5.11 Å². The Balaban J connectivity index is 1.73. The summed E-state index contributed by atoms with van der Waals surface area (Å²) in [7, 11) is 0. The van der Waals surface area contributed by atoms with E-state index in [1.165, 1.54) is 31.2 Å². The Morgan fingerprint density at radius 1 is 1.11 bits per heavy atom. The summed E-state index contributed by atoms with van der Waals surface area (Å²) in [5.74, 6) is 1.73. The molecule has 2 N–H and O–H groups in total. The molecule has 1 fully saturated rings. The topological polar surface area (TPSA) is 32.3 Å². The molecule has 0 bridgehead atoms. The van der Waals surface area contributed by atoms with Crippen molar-refractivity contribution < 1.29 is 5.11 Å². The summed E-state index contributed by atoms with van der Waals surface area (Å²) < 4.78 is 0. The summed E-state index contributed by atoms with van der Waals surface area (Å²) in [6.07, 6.45) is 5.61. The Morgan fingerprint density at radius 2 is 1.78 bits per heavy atom. The van der Waals surface area contributed by atoms with E-state index in [0.29, 0.717) is 0 Å². The smallest absolute Gasteiger partial charge is 0.0681 e. The second kappa shape index (κ2) is 6.91. The molecule has 1 aliphatic carbocycles. The standard InChI is InChI=1S/C16H25NO/c1-13-4-2-3-5-16(13)11-17-10-14-6-8-15(12-18)9-7-14/h6-9,13,16-18H,2-5,10-12H2,1H3. The molecule has 0 spiro atoms. The fourth-order valence-corrected chi connectivity index (χ4v) is 2.86. The maximum Gasteiger partial charge on any atom is 0.0681 e. The maximum atomic E-state index is 8.99. The molecule has 100 valence electrons. The number of hydrogen-bond donors (Lipinski definition) is 2. The largest absolute Gasteiger partial charge is 0.392 e. The number of benzene rings is 1. The summed E-state index contributed by atoms with van der Waals surface area (Å²) in [5.41, 5.74) is 2.29. The van der Waals surface area contributed by atoms with Crippen LogP contribution in [-0.4, -0.2) is 11.7 Å². The number of aliphatic hydroxyl groups is 1. The van der Waals surface area contributed by atoms with Gasteiger partial charge >= 0.3 is 0 Å². The Labute approximate surface area is 110 Å². The van der Waals surface area contributed by atoms with E-state index >= 15 is 0 Å². The fraction of sp³-hybridized carbons (Fsp3) is 0.625. The van der Waals surface area contributed by atoms with Gasteiger partial charge in [0.25, 0.3) is 0 Å². The molecule has 2 rings (SSSR count). The fourth-order valence-electron chi connectivity index (χ4n) is 2.86. The predicted octanol–water partition coefficient (Wildman–Crippen LogP) is 3.09. The Kier molecular flexibility index (Phi) is 5.21. The zero-order valence-electron chi connectivity index (χ0n) is 11.4. The van der Waals surface area contributed by atoms with Crippen LogP contribution in [0.25, 0.3) is 0 Å². The molecule has 18 heavy (non-hydrogen) atoms. The lowest BCUT2D eigenvalue weighted by Gasteiger charge is -2.28. The Morgan fingerprint density at radius 3 is 2.44 bits per heavy atom. The highest BCUT2D eigenvalue weighted by Gasteiger charge is 2.20. The monoisotopic (exact) mass is 247 g/mol. The summed E-state index contributed by atoms with van der Waals surface area (Å²) in [5, 5.41) is 12.6. The average Bonchev–Trinajstić information content (AvgIpc) is 2.42. The summed E-state index contributed by atoms with van der Waals surface area (Å²) in [4.78, 5) is 0. The SMILES string of the molecule is CC1CCCCC1CNCc1ccc(CO)cc1. The van der Waals surface area contributed by atoms with Crippen LogP contribution in [0.5, 0.6) is 0 Å². The van der Waals surface area contributed by atoms with E-state index in [1.807, 2.05) is 12.1 Å². The Bertz CT molecular complexity index is 347. The van der Waals surface area contributed by atoms with Crippen LogP contribution in [0.15, 0.2) is 24.3 Å². The van der Waals surface area contributed by atoms with Crippen LogP contribution < -0.4 is 5.32 Å². The van der Waals surface area contributed by atoms with Crippen molar-refractivity contribution in [3.05, 3.63) is 35.4 Å². The molecule has 1 aromatic rings. The van der Waals surface area contributed by atoms with Gasteiger partial charge in [0.1, 0.15) is 0 Å². The molecule has 1 aromatic carbocycles. The number of rotatable bonds is 5. The second-order valence-corrected chi connectivity index (χ2v) is 5.63. The maximum absolute atomic E-state index is 8.99. The van der Waals surface area contributed by atoms with Crippen LogP contribution in [0.3, 0.4) is 0 Å². The molecule has 2 unspecified atom stereocenters. The summed E-state index contributed by atoms with van der Waals surface area (Å²) >= 11 is 0. The third-order valence-corrected chi connectivity index (χ3v) is 4.23. The molecular weight excluding hydrogens is 222 g/mol. The Hall–Kier alpha value is -0.860. The summed E-state index contributed by atoms with van der Waals surface area (Å²) in [6.45, 7) is 4.60. The van der Waals surface area contributed by atoms with Gasteiger partial charge in [-0.15, -0.1) is 0 Å². The molecule has 0 amide bonds. The van der Waals surface area contributed by atoms with Crippen LogP contribution in [-0.2, 0) is 13.2 Å². The molecule has 0 saturated heterocycles.